The molecule has 3 rings (SSSR count). The molecular weight excluding hydrogens is 473 g/mol. The van der Waals surface area contributed by atoms with E-state index in [0.717, 1.165) is 18.2 Å². The molecule has 5 nitrogen and oxygen atoms in total. The summed E-state index contributed by atoms with van der Waals surface area (Å²) in [4.78, 5) is 16.0. The molecule has 0 atom stereocenters. The fraction of sp³-hybridized carbons (Fsp3) is 0.111. The molecule has 0 saturated heterocycles. The number of halogens is 8. The van der Waals surface area contributed by atoms with E-state index in [4.69, 9.17) is 23.2 Å². The van der Waals surface area contributed by atoms with Crippen molar-refractivity contribution in [2.75, 3.05) is 5.43 Å². The summed E-state index contributed by atoms with van der Waals surface area (Å²) in [7, 11) is 0. The number of hydrogen-bond donors (Lipinski definition) is 2. The average molecular weight is 483 g/mol. The van der Waals surface area contributed by atoms with E-state index in [2.05, 4.69) is 15.8 Å². The molecule has 2 aromatic heterocycles. The van der Waals surface area contributed by atoms with Crippen molar-refractivity contribution >= 4 is 34.9 Å². The Balaban J connectivity index is 1.79. The van der Waals surface area contributed by atoms with Crippen LogP contribution >= 0.6 is 23.2 Å². The fourth-order valence-electron chi connectivity index (χ4n) is 2.52. The van der Waals surface area contributed by atoms with E-state index < -0.39 is 34.4 Å². The molecule has 13 heteroatoms. The monoisotopic (exact) mass is 482 g/mol. The van der Waals surface area contributed by atoms with Gasteiger partial charge in [-0.25, -0.2) is 4.98 Å². The van der Waals surface area contributed by atoms with Crippen LogP contribution in [0.3, 0.4) is 0 Å². The van der Waals surface area contributed by atoms with Crippen LogP contribution in [0.2, 0.25) is 10.0 Å². The van der Waals surface area contributed by atoms with Crippen LogP contribution in [0.1, 0.15) is 21.6 Å². The minimum absolute atomic E-state index is 0.0304. The zero-order chi connectivity index (χ0) is 23.0. The predicted molar refractivity (Wildman–Crippen MR) is 101 cm³/mol. The Bertz CT molecular complexity index is 1130. The van der Waals surface area contributed by atoms with Crippen LogP contribution in [-0.4, -0.2) is 15.5 Å². The first-order valence-corrected chi connectivity index (χ1v) is 8.97. The second kappa shape index (κ2) is 8.31. The first kappa shape index (κ1) is 22.8. The summed E-state index contributed by atoms with van der Waals surface area (Å²) in [6.07, 6.45) is -7.30. The highest BCUT2D eigenvalue weighted by atomic mass is 35.5. The third kappa shape index (κ3) is 5.05. The molecule has 0 radical (unpaired) electrons. The minimum Gasteiger partial charge on any atom is -0.311 e. The van der Waals surface area contributed by atoms with Crippen LogP contribution in [0, 0.1) is 0 Å². The van der Waals surface area contributed by atoms with Gasteiger partial charge in [0.2, 0.25) is 0 Å². The Labute approximate surface area is 180 Å². The Morgan fingerprint density at radius 2 is 1.58 bits per heavy atom. The number of rotatable bonds is 4. The van der Waals surface area contributed by atoms with Gasteiger partial charge >= 0.3 is 12.4 Å². The molecule has 0 aliphatic rings. The van der Waals surface area contributed by atoms with E-state index in [0.29, 0.717) is 12.3 Å². The van der Waals surface area contributed by atoms with Gasteiger partial charge in [-0.05, 0) is 36.4 Å². The van der Waals surface area contributed by atoms with Crippen molar-refractivity contribution < 1.29 is 31.1 Å². The van der Waals surface area contributed by atoms with Crippen molar-refractivity contribution in [1.29, 1.82) is 0 Å². The summed E-state index contributed by atoms with van der Waals surface area (Å²) in [6.45, 7) is 0. The van der Waals surface area contributed by atoms with Crippen molar-refractivity contribution in [3.63, 3.8) is 0 Å². The van der Waals surface area contributed by atoms with E-state index in [1.54, 1.807) is 0 Å². The number of alkyl halides is 6. The molecule has 31 heavy (non-hydrogen) atoms. The number of amides is 1. The van der Waals surface area contributed by atoms with Crippen LogP contribution in [0.25, 0.3) is 5.69 Å². The number of pyridine rings is 1. The maximum atomic E-state index is 12.8. The van der Waals surface area contributed by atoms with E-state index >= 15 is 0 Å². The first-order chi connectivity index (χ1) is 14.4. The lowest BCUT2D eigenvalue weighted by molar-refractivity contribution is -0.138. The molecule has 0 aliphatic heterocycles. The Kier molecular flexibility index (Phi) is 6.10. The van der Waals surface area contributed by atoms with Crippen LogP contribution in [0.15, 0.2) is 48.8 Å². The van der Waals surface area contributed by atoms with Crippen molar-refractivity contribution in [2.24, 2.45) is 0 Å². The molecule has 2 heterocycles. The van der Waals surface area contributed by atoms with Crippen LogP contribution in [0.5, 0.6) is 0 Å². The topological polar surface area (TPSA) is 59.0 Å². The quantitative estimate of drug-likeness (QED) is 0.355. The van der Waals surface area contributed by atoms with Gasteiger partial charge in [-0.2, -0.15) is 26.3 Å². The highest BCUT2D eigenvalue weighted by molar-refractivity contribution is 6.33. The van der Waals surface area contributed by atoms with Crippen LogP contribution in [-0.2, 0) is 12.4 Å². The number of hydrazine groups is 1. The summed E-state index contributed by atoms with van der Waals surface area (Å²) < 4.78 is 77.7. The van der Waals surface area contributed by atoms with Gasteiger partial charge in [0.25, 0.3) is 5.91 Å². The van der Waals surface area contributed by atoms with E-state index in [1.807, 2.05) is 0 Å². The lowest BCUT2D eigenvalue weighted by Gasteiger charge is -2.14. The second-order valence-electron chi connectivity index (χ2n) is 6.06. The highest BCUT2D eigenvalue weighted by Gasteiger charge is 2.32. The summed E-state index contributed by atoms with van der Waals surface area (Å²) in [5, 5.41) is -0.642. The molecule has 0 unspecified atom stereocenters. The van der Waals surface area contributed by atoms with E-state index in [-0.39, 0.29) is 22.2 Å². The van der Waals surface area contributed by atoms with Crippen LogP contribution in [0.4, 0.5) is 32.2 Å². The van der Waals surface area contributed by atoms with Gasteiger partial charge in [-0.3, -0.25) is 15.6 Å². The molecule has 0 saturated carbocycles. The summed E-state index contributed by atoms with van der Waals surface area (Å²) >= 11 is 11.7. The maximum Gasteiger partial charge on any atom is 0.417 e. The third-order valence-electron chi connectivity index (χ3n) is 3.98. The number of nitrogens with zero attached hydrogens (tertiary/aromatic N) is 2. The lowest BCUT2D eigenvalue weighted by Crippen LogP contribution is -2.31. The Hall–Kier alpha value is -2.92. The molecule has 0 fully saturated rings. The minimum atomic E-state index is -4.64. The van der Waals surface area contributed by atoms with Gasteiger partial charge in [0.15, 0.2) is 5.82 Å². The Morgan fingerprint density at radius 3 is 2.16 bits per heavy atom. The number of carbonyl (C=O) groups excluding carboxylic acids is 1. The van der Waals surface area contributed by atoms with Gasteiger partial charge < -0.3 is 4.57 Å². The molecule has 0 aliphatic carbocycles. The summed E-state index contributed by atoms with van der Waals surface area (Å²) in [5.41, 5.74) is 2.55. The molecule has 3 aromatic rings. The van der Waals surface area contributed by atoms with Crippen LogP contribution < -0.4 is 10.9 Å². The molecule has 0 bridgehead atoms. The van der Waals surface area contributed by atoms with Crippen molar-refractivity contribution in [3.05, 3.63) is 75.7 Å². The van der Waals surface area contributed by atoms with Gasteiger partial charge in [0, 0.05) is 12.4 Å². The Morgan fingerprint density at radius 1 is 0.935 bits per heavy atom. The molecule has 1 aromatic carbocycles. The summed E-state index contributed by atoms with van der Waals surface area (Å²) in [6, 6.07) is 6.08. The number of anilines is 1. The largest absolute Gasteiger partial charge is 0.417 e. The smallest absolute Gasteiger partial charge is 0.311 e. The second-order valence-corrected chi connectivity index (χ2v) is 6.87. The number of benzene rings is 1. The zero-order valence-electron chi connectivity index (χ0n) is 14.9. The first-order valence-electron chi connectivity index (χ1n) is 8.21. The highest BCUT2D eigenvalue weighted by Crippen LogP contribution is 2.34. The number of nitrogens with one attached hydrogen (secondary N) is 2. The summed E-state index contributed by atoms with van der Waals surface area (Å²) in [5.74, 6) is -1.02. The molecular formula is C18H10Cl2F6N4O. The molecule has 1 amide bonds. The molecule has 164 valence electrons. The number of carbonyl (C=O) groups is 1. The standard InChI is InChI=1S/C18H10Cl2F6N4O/c19-11-6-9(17(21,22)23)3-4-13(11)30-5-1-2-14(30)16(31)29-28-15-12(20)7-10(8-27-15)18(24,25)26/h1-8H,(H,27,28)(H,29,31). The lowest BCUT2D eigenvalue weighted by atomic mass is 10.2. The third-order valence-corrected chi connectivity index (χ3v) is 4.57. The normalized spacial score (nSPS) is 12.0. The SMILES string of the molecule is O=C(NNc1ncc(C(F)(F)F)cc1Cl)c1cccn1-c1ccc(C(F)(F)F)cc1Cl. The van der Waals surface area contributed by atoms with Gasteiger partial charge in [-0.1, -0.05) is 23.2 Å². The van der Waals surface area contributed by atoms with Crippen molar-refractivity contribution in [3.8, 4) is 5.69 Å². The maximum absolute atomic E-state index is 12.8. The molecule has 2 N–H and O–H groups in total. The van der Waals surface area contributed by atoms with Gasteiger partial charge in [0.1, 0.15) is 5.69 Å². The van der Waals surface area contributed by atoms with Gasteiger partial charge in [0.05, 0.1) is 26.9 Å². The van der Waals surface area contributed by atoms with Crippen molar-refractivity contribution in [2.45, 2.75) is 12.4 Å². The average Bonchev–Trinajstić information content (AvgIpc) is 3.14. The van der Waals surface area contributed by atoms with Gasteiger partial charge in [-0.15, -0.1) is 0 Å². The fourth-order valence-corrected chi connectivity index (χ4v) is 3.00. The number of aromatic nitrogens is 2. The molecule has 0 spiro atoms. The van der Waals surface area contributed by atoms with E-state index in [9.17, 15) is 31.1 Å². The van der Waals surface area contributed by atoms with Crippen molar-refractivity contribution in [1.82, 2.24) is 15.0 Å². The predicted octanol–water partition coefficient (Wildman–Crippen LogP) is 5.97. The zero-order valence-corrected chi connectivity index (χ0v) is 16.5. The van der Waals surface area contributed by atoms with E-state index in [1.165, 1.54) is 22.9 Å². The number of hydrogen-bond acceptors (Lipinski definition) is 3.